The van der Waals surface area contributed by atoms with Gasteiger partial charge >= 0.3 is 0 Å². The molecule has 5 atom stereocenters. The second-order valence-electron chi connectivity index (χ2n) is 8.49. The summed E-state index contributed by atoms with van der Waals surface area (Å²) in [6.07, 6.45) is -3.07. The van der Waals surface area contributed by atoms with Crippen LogP contribution < -0.4 is 4.74 Å². The van der Waals surface area contributed by atoms with Crippen LogP contribution in [0.5, 0.6) is 5.75 Å². The number of Topliss-reactive ketones (excluding diaryl/α,β-unsaturated/α-hetero) is 1. The average Bonchev–Trinajstić information content (AvgIpc) is 3.42. The second-order valence-corrected chi connectivity index (χ2v) is 8.90. The van der Waals surface area contributed by atoms with Gasteiger partial charge in [-0.1, -0.05) is 35.9 Å². The average molecular weight is 514 g/mol. The number of rotatable bonds is 9. The minimum Gasteiger partial charge on any atom is -0.494 e. The Morgan fingerprint density at radius 2 is 1.86 bits per heavy atom. The van der Waals surface area contributed by atoms with Crippen LogP contribution in [0.3, 0.4) is 0 Å². The van der Waals surface area contributed by atoms with Crippen LogP contribution >= 0.6 is 11.6 Å². The highest BCUT2D eigenvalue weighted by atomic mass is 35.5. The fourth-order valence-corrected chi connectivity index (χ4v) is 4.24. The highest BCUT2D eigenvalue weighted by Gasteiger charge is 2.43. The van der Waals surface area contributed by atoms with Gasteiger partial charge in [-0.2, -0.15) is 0 Å². The van der Waals surface area contributed by atoms with Gasteiger partial charge in [-0.25, -0.2) is 0 Å². The molecule has 0 spiro atoms. The van der Waals surface area contributed by atoms with E-state index in [1.807, 2.05) is 37.3 Å². The summed E-state index contributed by atoms with van der Waals surface area (Å²) in [5.41, 5.74) is 2.41. The van der Waals surface area contributed by atoms with Gasteiger partial charge in [0.25, 0.3) is 0 Å². The number of ketones is 1. The first kappa shape index (κ1) is 26.1. The number of benzene rings is 2. The van der Waals surface area contributed by atoms with E-state index in [0.717, 1.165) is 16.9 Å². The number of aliphatic hydroxyl groups is 3. The molecule has 190 valence electrons. The summed E-state index contributed by atoms with van der Waals surface area (Å²) in [5, 5.41) is 32.1. The Labute approximate surface area is 213 Å². The fourth-order valence-electron chi connectivity index (χ4n) is 4.06. The van der Waals surface area contributed by atoms with Crippen molar-refractivity contribution < 1.29 is 34.0 Å². The van der Waals surface area contributed by atoms with Crippen LogP contribution in [-0.2, 0) is 11.2 Å². The molecule has 8 nitrogen and oxygen atoms in total. The third kappa shape index (κ3) is 6.03. The summed E-state index contributed by atoms with van der Waals surface area (Å²) in [7, 11) is 0. The zero-order valence-electron chi connectivity index (χ0n) is 19.7. The van der Waals surface area contributed by atoms with Crippen LogP contribution in [0.2, 0.25) is 5.02 Å². The molecule has 0 radical (unpaired) electrons. The van der Waals surface area contributed by atoms with Gasteiger partial charge in [0.2, 0.25) is 5.78 Å². The van der Waals surface area contributed by atoms with Crippen molar-refractivity contribution in [3.8, 4) is 5.75 Å². The predicted octanol–water partition coefficient (Wildman–Crippen LogP) is 3.40. The topological polar surface area (TPSA) is 122 Å². The number of hydrogen-bond acceptors (Lipinski definition) is 8. The summed E-state index contributed by atoms with van der Waals surface area (Å²) < 4.78 is 16.5. The van der Waals surface area contributed by atoms with Gasteiger partial charge in [-0.3, -0.25) is 9.79 Å². The van der Waals surface area contributed by atoms with Gasteiger partial charge in [0.15, 0.2) is 5.76 Å². The molecule has 0 saturated carbocycles. The lowest BCUT2D eigenvalue weighted by Crippen LogP contribution is -2.54. The molecule has 2 aromatic carbocycles. The molecule has 0 bridgehead atoms. The van der Waals surface area contributed by atoms with Gasteiger partial charge in [-0.05, 0) is 60.4 Å². The van der Waals surface area contributed by atoms with E-state index < -0.39 is 30.5 Å². The van der Waals surface area contributed by atoms with Crippen molar-refractivity contribution in [2.24, 2.45) is 4.99 Å². The minimum atomic E-state index is -1.48. The van der Waals surface area contributed by atoms with Crippen LogP contribution in [-0.4, -0.2) is 64.9 Å². The van der Waals surface area contributed by atoms with E-state index in [2.05, 4.69) is 4.99 Å². The Hall–Kier alpha value is -3.01. The third-order valence-electron chi connectivity index (χ3n) is 5.96. The van der Waals surface area contributed by atoms with Crippen LogP contribution in [0.4, 0.5) is 0 Å². The number of carbonyl (C=O) groups is 1. The first-order valence-electron chi connectivity index (χ1n) is 11.6. The molecule has 1 fully saturated rings. The highest BCUT2D eigenvalue weighted by Crippen LogP contribution is 2.34. The molecule has 3 aromatic rings. The van der Waals surface area contributed by atoms with Gasteiger partial charge in [0, 0.05) is 11.2 Å². The van der Waals surface area contributed by atoms with E-state index in [0.29, 0.717) is 23.6 Å². The van der Waals surface area contributed by atoms with Crippen molar-refractivity contribution in [2.75, 3.05) is 13.2 Å². The van der Waals surface area contributed by atoms with Gasteiger partial charge in [0.1, 0.15) is 42.8 Å². The van der Waals surface area contributed by atoms with Crippen LogP contribution in [0, 0.1) is 0 Å². The van der Waals surface area contributed by atoms with E-state index in [-0.39, 0.29) is 18.1 Å². The van der Waals surface area contributed by atoms with Crippen LogP contribution in [0.1, 0.15) is 40.3 Å². The standard InChI is InChI=1S/C27H28ClNO7/c1-2-34-19-8-5-16(6-9-19)12-18-13-17(7-10-20(18)28)27-26(33)25(32)24(31)23(36-27)15-29-14-21(30)22-4-3-11-35-22/h3-11,13,15,23-27,31-33H,2,12,14H2,1H3/t23-,24-,25+,26-,27+/m1/s1. The van der Waals surface area contributed by atoms with Crippen LogP contribution in [0.25, 0.3) is 0 Å². The molecule has 36 heavy (non-hydrogen) atoms. The first-order valence-corrected chi connectivity index (χ1v) is 12.0. The molecule has 0 unspecified atom stereocenters. The number of furan rings is 1. The Balaban J connectivity index is 1.49. The van der Waals surface area contributed by atoms with Crippen molar-refractivity contribution in [1.82, 2.24) is 0 Å². The fraction of sp³-hybridized carbons (Fsp3) is 0.333. The number of carbonyl (C=O) groups excluding carboxylic acids is 1. The second kappa shape index (κ2) is 11.8. The lowest BCUT2D eigenvalue weighted by Gasteiger charge is -2.39. The molecule has 2 heterocycles. The Morgan fingerprint density at radius 3 is 2.56 bits per heavy atom. The normalized spacial score (nSPS) is 24.2. The minimum absolute atomic E-state index is 0.173. The predicted molar refractivity (Wildman–Crippen MR) is 134 cm³/mol. The van der Waals surface area contributed by atoms with Gasteiger partial charge in [-0.15, -0.1) is 0 Å². The largest absolute Gasteiger partial charge is 0.494 e. The zero-order chi connectivity index (χ0) is 25.7. The van der Waals surface area contributed by atoms with Crippen molar-refractivity contribution >= 4 is 23.6 Å². The van der Waals surface area contributed by atoms with E-state index >= 15 is 0 Å². The SMILES string of the molecule is CCOc1ccc(Cc2cc([C@@H]3O[C@H](C=NCC(=O)c4ccco4)[C@@H](O)[C@H](O)[C@H]3O)ccc2Cl)cc1. The molecule has 1 aliphatic heterocycles. The molecular formula is C27H28ClNO7. The summed E-state index contributed by atoms with van der Waals surface area (Å²) in [5.74, 6) is 0.619. The Kier molecular flexibility index (Phi) is 8.56. The monoisotopic (exact) mass is 513 g/mol. The lowest BCUT2D eigenvalue weighted by atomic mass is 9.90. The molecule has 9 heteroatoms. The van der Waals surface area contributed by atoms with Crippen molar-refractivity contribution in [1.29, 1.82) is 0 Å². The van der Waals surface area contributed by atoms with Gasteiger partial charge in [0.05, 0.1) is 12.9 Å². The molecule has 1 saturated heterocycles. The molecular weight excluding hydrogens is 486 g/mol. The summed E-state index contributed by atoms with van der Waals surface area (Å²) >= 11 is 6.45. The van der Waals surface area contributed by atoms with E-state index in [1.165, 1.54) is 18.5 Å². The summed E-state index contributed by atoms with van der Waals surface area (Å²) in [4.78, 5) is 16.1. The van der Waals surface area contributed by atoms with E-state index in [4.69, 9.17) is 25.5 Å². The molecule has 0 amide bonds. The third-order valence-corrected chi connectivity index (χ3v) is 6.33. The number of ether oxygens (including phenoxy) is 2. The number of aliphatic imine (C=N–C) groups is 1. The zero-order valence-corrected chi connectivity index (χ0v) is 20.4. The smallest absolute Gasteiger partial charge is 0.219 e. The Bertz CT molecular complexity index is 1180. The number of hydrogen-bond donors (Lipinski definition) is 3. The maximum absolute atomic E-state index is 12.1. The highest BCUT2D eigenvalue weighted by molar-refractivity contribution is 6.31. The summed E-state index contributed by atoms with van der Waals surface area (Å²) in [6.45, 7) is 2.30. The number of nitrogens with zero attached hydrogens (tertiary/aromatic N) is 1. The molecule has 1 aromatic heterocycles. The molecule has 4 rings (SSSR count). The molecule has 3 N–H and O–H groups in total. The lowest BCUT2D eigenvalue weighted by molar-refractivity contribution is -0.205. The number of halogens is 1. The quantitative estimate of drug-likeness (QED) is 0.296. The maximum atomic E-state index is 12.1. The molecule has 0 aliphatic carbocycles. The van der Waals surface area contributed by atoms with Gasteiger partial charge < -0.3 is 29.2 Å². The maximum Gasteiger partial charge on any atom is 0.219 e. The van der Waals surface area contributed by atoms with Crippen LogP contribution in [0.15, 0.2) is 70.3 Å². The molecule has 1 aliphatic rings. The Morgan fingerprint density at radius 1 is 1.08 bits per heavy atom. The first-order chi connectivity index (χ1) is 17.4. The number of aliphatic hydroxyl groups excluding tert-OH is 3. The summed E-state index contributed by atoms with van der Waals surface area (Å²) in [6, 6.07) is 16.1. The van der Waals surface area contributed by atoms with Crippen molar-refractivity contribution in [3.63, 3.8) is 0 Å². The van der Waals surface area contributed by atoms with E-state index in [9.17, 15) is 20.1 Å². The van der Waals surface area contributed by atoms with E-state index in [1.54, 1.807) is 18.2 Å². The van der Waals surface area contributed by atoms with Crippen molar-refractivity contribution in [2.45, 2.75) is 43.9 Å². The van der Waals surface area contributed by atoms with Crippen molar-refractivity contribution in [3.05, 3.63) is 88.3 Å².